The van der Waals surface area contributed by atoms with Gasteiger partial charge in [0, 0.05) is 19.6 Å². The molecule has 0 radical (unpaired) electrons. The number of rotatable bonds is 6. The number of ether oxygens (including phenoxy) is 2. The molecule has 3 rings (SSSR count). The van der Waals surface area contributed by atoms with Gasteiger partial charge in [-0.2, -0.15) is 0 Å². The van der Waals surface area contributed by atoms with Crippen LogP contribution in [0.3, 0.4) is 0 Å². The molecule has 2 atom stereocenters. The van der Waals surface area contributed by atoms with E-state index in [9.17, 15) is 19.6 Å². The molecule has 3 aliphatic rings. The van der Waals surface area contributed by atoms with Gasteiger partial charge in [-0.25, -0.2) is 20.1 Å². The van der Waals surface area contributed by atoms with Crippen molar-refractivity contribution < 1.29 is 33.9 Å². The second-order valence-electron chi connectivity index (χ2n) is 8.88. The average Bonchev–Trinajstić information content (AvgIpc) is 2.91. The Morgan fingerprint density at radius 2 is 1.83 bits per heavy atom. The van der Waals surface area contributed by atoms with Crippen LogP contribution >= 0.6 is 0 Å². The van der Waals surface area contributed by atoms with E-state index < -0.39 is 23.6 Å². The van der Waals surface area contributed by atoms with Crippen LogP contribution in [0.25, 0.3) is 0 Å². The Bertz CT molecular complexity index is 645. The molecule has 3 heterocycles. The summed E-state index contributed by atoms with van der Waals surface area (Å²) in [6, 6.07) is -1.42. The van der Waals surface area contributed by atoms with Crippen molar-refractivity contribution >= 4 is 18.0 Å². The van der Waals surface area contributed by atoms with Crippen LogP contribution in [0.5, 0.6) is 0 Å². The minimum atomic E-state index is -0.635. The van der Waals surface area contributed by atoms with Crippen molar-refractivity contribution in [3.05, 3.63) is 0 Å². The van der Waals surface area contributed by atoms with Gasteiger partial charge in [0.25, 0.3) is 5.91 Å². The lowest BCUT2D eigenvalue weighted by atomic mass is 10.0. The van der Waals surface area contributed by atoms with Crippen molar-refractivity contribution in [1.82, 2.24) is 20.3 Å². The van der Waals surface area contributed by atoms with Crippen LogP contribution in [-0.2, 0) is 19.1 Å². The van der Waals surface area contributed by atoms with Crippen LogP contribution in [0.1, 0.15) is 46.5 Å². The zero-order valence-corrected chi connectivity index (χ0v) is 17.8. The molecule has 0 aliphatic carbocycles. The Hall–Kier alpha value is -2.11. The highest BCUT2D eigenvalue weighted by Crippen LogP contribution is 2.28. The predicted molar refractivity (Wildman–Crippen MR) is 103 cm³/mol. The molecule has 3 aliphatic heterocycles. The van der Waals surface area contributed by atoms with Gasteiger partial charge in [0.05, 0.1) is 25.4 Å². The van der Waals surface area contributed by atoms with Gasteiger partial charge in [-0.3, -0.25) is 14.8 Å². The number of amides is 4. The molecule has 2 N–H and O–H groups in total. The lowest BCUT2D eigenvalue weighted by Crippen LogP contribution is -2.49. The first-order chi connectivity index (χ1) is 14.2. The van der Waals surface area contributed by atoms with Crippen LogP contribution in [0.2, 0.25) is 0 Å². The molecule has 0 saturated carbocycles. The van der Waals surface area contributed by atoms with Gasteiger partial charge in [0.1, 0.15) is 11.6 Å². The zero-order valence-electron chi connectivity index (χ0n) is 17.8. The van der Waals surface area contributed by atoms with Crippen molar-refractivity contribution in [1.29, 1.82) is 0 Å². The van der Waals surface area contributed by atoms with Gasteiger partial charge < -0.3 is 19.3 Å². The van der Waals surface area contributed by atoms with Crippen LogP contribution < -0.4 is 5.48 Å². The number of fused-ring (bicyclic) bond motifs is 2. The molecule has 0 aromatic rings. The maximum absolute atomic E-state index is 12.3. The number of nitrogens with zero attached hydrogens (tertiary/aromatic N) is 3. The summed E-state index contributed by atoms with van der Waals surface area (Å²) in [5, 5.41) is 10.4. The first-order valence-corrected chi connectivity index (χ1v) is 10.5. The van der Waals surface area contributed by atoms with E-state index in [-0.39, 0.29) is 24.8 Å². The summed E-state index contributed by atoms with van der Waals surface area (Å²) in [5.41, 5.74) is 1.86. The highest BCUT2D eigenvalue weighted by molar-refractivity contribution is 5.87. The molecule has 3 saturated heterocycles. The lowest BCUT2D eigenvalue weighted by Gasteiger charge is -2.33. The maximum Gasteiger partial charge on any atom is 0.410 e. The quantitative estimate of drug-likeness (QED) is 0.369. The molecule has 4 amide bonds. The number of hydrogen-bond donors (Lipinski definition) is 2. The largest absolute Gasteiger partial charge is 0.444 e. The molecule has 0 aromatic heterocycles. The summed E-state index contributed by atoms with van der Waals surface area (Å²) in [6.45, 7) is 7.50. The van der Waals surface area contributed by atoms with E-state index >= 15 is 0 Å². The summed E-state index contributed by atoms with van der Waals surface area (Å²) in [6.07, 6.45) is 2.20. The third kappa shape index (κ3) is 5.52. The maximum atomic E-state index is 12.3. The number of likely N-dealkylation sites (tertiary alicyclic amines) is 1. The zero-order chi connectivity index (χ0) is 21.9. The van der Waals surface area contributed by atoms with Crippen LogP contribution in [0, 0.1) is 0 Å². The lowest BCUT2D eigenvalue weighted by molar-refractivity contribution is -0.140. The van der Waals surface area contributed by atoms with E-state index in [1.54, 1.807) is 4.90 Å². The average molecular weight is 428 g/mol. The fourth-order valence-electron chi connectivity index (χ4n) is 3.90. The van der Waals surface area contributed by atoms with Gasteiger partial charge in [-0.15, -0.1) is 0 Å². The van der Waals surface area contributed by atoms with Crippen molar-refractivity contribution in [3.8, 4) is 0 Å². The first-order valence-electron chi connectivity index (χ1n) is 10.5. The number of piperidine rings is 2. The van der Waals surface area contributed by atoms with E-state index in [1.807, 2.05) is 20.8 Å². The van der Waals surface area contributed by atoms with Crippen molar-refractivity contribution in [2.24, 2.45) is 0 Å². The molecule has 2 bridgehead atoms. The second kappa shape index (κ2) is 9.36. The Balaban J connectivity index is 1.28. The Morgan fingerprint density at radius 1 is 1.13 bits per heavy atom. The van der Waals surface area contributed by atoms with Gasteiger partial charge in [-0.05, 0) is 46.5 Å². The first kappa shape index (κ1) is 22.6. The third-order valence-corrected chi connectivity index (χ3v) is 5.45. The minimum absolute atomic E-state index is 0.0241. The summed E-state index contributed by atoms with van der Waals surface area (Å²) in [5.74, 6) is -0.400. The van der Waals surface area contributed by atoms with E-state index in [0.717, 1.165) is 0 Å². The van der Waals surface area contributed by atoms with Gasteiger partial charge in [0.15, 0.2) is 0 Å². The Kier molecular flexibility index (Phi) is 7.04. The van der Waals surface area contributed by atoms with Gasteiger partial charge in [-0.1, -0.05) is 0 Å². The van der Waals surface area contributed by atoms with Crippen molar-refractivity contribution in [3.63, 3.8) is 0 Å². The second-order valence-corrected chi connectivity index (χ2v) is 8.88. The number of carbonyl (C=O) groups excluding carboxylic acids is 3. The molecule has 0 aromatic carbocycles. The van der Waals surface area contributed by atoms with E-state index in [4.69, 9.17) is 14.3 Å². The van der Waals surface area contributed by atoms with E-state index in [0.29, 0.717) is 57.0 Å². The summed E-state index contributed by atoms with van der Waals surface area (Å²) >= 11 is 0. The predicted octanol–water partition coefficient (Wildman–Crippen LogP) is 1.11. The van der Waals surface area contributed by atoms with Crippen LogP contribution in [-0.4, -0.2) is 94.7 Å². The van der Waals surface area contributed by atoms with Crippen LogP contribution in [0.4, 0.5) is 9.59 Å². The normalized spacial score (nSPS) is 24.9. The molecule has 0 spiro atoms. The monoisotopic (exact) mass is 428 g/mol. The number of hydroxylamine groups is 3. The van der Waals surface area contributed by atoms with Crippen molar-refractivity contribution in [2.45, 2.75) is 70.2 Å². The summed E-state index contributed by atoms with van der Waals surface area (Å²) < 4.78 is 11.1. The highest BCUT2D eigenvalue weighted by atomic mass is 16.7. The van der Waals surface area contributed by atoms with E-state index in [2.05, 4.69) is 5.48 Å². The van der Waals surface area contributed by atoms with E-state index in [1.165, 1.54) is 4.90 Å². The third-order valence-electron chi connectivity index (χ3n) is 5.45. The van der Waals surface area contributed by atoms with Gasteiger partial charge in [0.2, 0.25) is 0 Å². The standard InChI is InChI=1S/C19H32N4O7/c1-19(2,3)30-18(26)21-8-6-14(7-9-21)28-10-11-29-20-16(24)15-5-4-13-12-22(15)17(25)23(13)27/h13-15,27H,4-12H2,1-3H3,(H,20,24)/t13-,15+/m1/s1. The molecule has 11 nitrogen and oxygen atoms in total. The molecular weight excluding hydrogens is 396 g/mol. The Morgan fingerprint density at radius 3 is 2.50 bits per heavy atom. The molecular formula is C19H32N4O7. The molecule has 170 valence electrons. The molecule has 3 fully saturated rings. The molecule has 0 unspecified atom stereocenters. The molecule has 11 heteroatoms. The smallest absolute Gasteiger partial charge is 0.410 e. The summed E-state index contributed by atoms with van der Waals surface area (Å²) in [4.78, 5) is 44.5. The van der Waals surface area contributed by atoms with Crippen LogP contribution in [0.15, 0.2) is 0 Å². The number of urea groups is 1. The SMILES string of the molecule is CC(C)(C)OC(=O)N1CCC(OCCONC(=O)[C@@H]2CC[C@@H]3CN2C(=O)N3O)CC1. The Labute approximate surface area is 176 Å². The number of carbonyl (C=O) groups is 3. The fourth-order valence-corrected chi connectivity index (χ4v) is 3.90. The number of nitrogens with one attached hydrogen (secondary N) is 1. The highest BCUT2D eigenvalue weighted by Gasteiger charge is 2.46. The fraction of sp³-hybridized carbons (Fsp3) is 0.842. The van der Waals surface area contributed by atoms with Crippen molar-refractivity contribution in [2.75, 3.05) is 32.8 Å². The number of hydrogen-bond acceptors (Lipinski definition) is 7. The summed E-state index contributed by atoms with van der Waals surface area (Å²) in [7, 11) is 0. The topological polar surface area (TPSA) is 121 Å². The molecule has 30 heavy (non-hydrogen) atoms. The van der Waals surface area contributed by atoms with Gasteiger partial charge >= 0.3 is 12.1 Å². The minimum Gasteiger partial charge on any atom is -0.444 e.